The van der Waals surface area contributed by atoms with Crippen LogP contribution in [0, 0.1) is 11.6 Å². The van der Waals surface area contributed by atoms with E-state index in [4.69, 9.17) is 11.6 Å². The van der Waals surface area contributed by atoms with E-state index in [1.807, 2.05) is 0 Å². The lowest BCUT2D eigenvalue weighted by atomic mass is 9.97. The van der Waals surface area contributed by atoms with E-state index in [1.54, 1.807) is 24.3 Å². The number of aryl methyl sites for hydroxylation is 2. The van der Waals surface area contributed by atoms with Gasteiger partial charge in [0.1, 0.15) is 17.2 Å². The second-order valence-electron chi connectivity index (χ2n) is 9.44. The van der Waals surface area contributed by atoms with Crippen molar-refractivity contribution in [2.75, 3.05) is 0 Å². The van der Waals surface area contributed by atoms with Crippen molar-refractivity contribution < 1.29 is 35.1 Å². The predicted octanol–water partition coefficient (Wildman–Crippen LogP) is 9.51. The zero-order valence-corrected chi connectivity index (χ0v) is 21.7. The summed E-state index contributed by atoms with van der Waals surface area (Å²) in [5.41, 5.74) is -1.06. The molecule has 0 aliphatic heterocycles. The molecule has 0 radical (unpaired) electrons. The second-order valence-corrected chi connectivity index (χ2v) is 9.88. The van der Waals surface area contributed by atoms with Crippen LogP contribution in [0.25, 0.3) is 22.2 Å². The van der Waals surface area contributed by atoms with Crippen LogP contribution in [0.15, 0.2) is 78.9 Å². The Labute approximate surface area is 233 Å². The fourth-order valence-electron chi connectivity index (χ4n) is 4.81. The van der Waals surface area contributed by atoms with Gasteiger partial charge in [-0.2, -0.15) is 31.4 Å². The number of fused-ring (bicyclic) bond motifs is 1. The SMILES string of the molecule is Fc1ccc(C(F)(F)F)c(CCc2cccc(-c3c4cccc(C(F)(F)F)c4nn3Cc3ccc(Cl)cc3F)c2)c1. The van der Waals surface area contributed by atoms with Crippen molar-refractivity contribution in [3.63, 3.8) is 0 Å². The molecule has 0 bridgehead atoms. The largest absolute Gasteiger partial charge is 0.418 e. The molecule has 212 valence electrons. The lowest BCUT2D eigenvalue weighted by molar-refractivity contribution is -0.138. The Balaban J connectivity index is 1.58. The van der Waals surface area contributed by atoms with Crippen LogP contribution in [0.1, 0.15) is 27.8 Å². The van der Waals surface area contributed by atoms with Crippen molar-refractivity contribution in [3.05, 3.63) is 123 Å². The van der Waals surface area contributed by atoms with Gasteiger partial charge in [-0.1, -0.05) is 48.0 Å². The molecule has 0 N–H and O–H groups in total. The lowest BCUT2D eigenvalue weighted by Crippen LogP contribution is -2.10. The average Bonchev–Trinajstić information content (AvgIpc) is 3.26. The fraction of sp³-hybridized carbons (Fsp3) is 0.167. The summed E-state index contributed by atoms with van der Waals surface area (Å²) >= 11 is 5.85. The van der Waals surface area contributed by atoms with Gasteiger partial charge < -0.3 is 0 Å². The van der Waals surface area contributed by atoms with Crippen molar-refractivity contribution in [2.45, 2.75) is 31.7 Å². The molecule has 0 amide bonds. The first-order chi connectivity index (χ1) is 19.3. The summed E-state index contributed by atoms with van der Waals surface area (Å²) < 4.78 is 112. The van der Waals surface area contributed by atoms with E-state index in [1.165, 1.54) is 28.9 Å². The molecular formula is C30H19ClF8N2. The average molecular weight is 595 g/mol. The molecule has 0 spiro atoms. The number of alkyl halides is 6. The van der Waals surface area contributed by atoms with Crippen molar-refractivity contribution in [2.24, 2.45) is 0 Å². The summed E-state index contributed by atoms with van der Waals surface area (Å²) in [5.74, 6) is -1.46. The maximum Gasteiger partial charge on any atom is 0.418 e. The van der Waals surface area contributed by atoms with Crippen LogP contribution in [0.5, 0.6) is 0 Å². The van der Waals surface area contributed by atoms with Crippen LogP contribution < -0.4 is 0 Å². The Morgan fingerprint density at radius 3 is 2.15 bits per heavy atom. The number of aromatic nitrogens is 2. The maximum atomic E-state index is 14.7. The van der Waals surface area contributed by atoms with Crippen molar-refractivity contribution in [1.82, 2.24) is 9.78 Å². The fourth-order valence-corrected chi connectivity index (χ4v) is 4.97. The minimum absolute atomic E-state index is 0.0893. The van der Waals surface area contributed by atoms with E-state index in [9.17, 15) is 35.1 Å². The molecule has 1 aromatic heterocycles. The molecule has 0 saturated carbocycles. The number of halogens is 9. The van der Waals surface area contributed by atoms with Crippen LogP contribution in [-0.2, 0) is 31.7 Å². The van der Waals surface area contributed by atoms with Crippen molar-refractivity contribution in [1.29, 1.82) is 0 Å². The molecule has 0 aliphatic rings. The first-order valence-corrected chi connectivity index (χ1v) is 12.6. The van der Waals surface area contributed by atoms with Gasteiger partial charge >= 0.3 is 12.4 Å². The molecule has 1 heterocycles. The molecule has 11 heteroatoms. The van der Waals surface area contributed by atoms with Gasteiger partial charge in [0.2, 0.25) is 0 Å². The standard InChI is InChI=1S/C30H19ClF8N2/c31-21-10-9-20(26(33)15-21)16-41-28(23-5-2-6-25(27(23)40-41)30(37,38)39)19-4-1-3-17(13-19)7-8-18-14-22(32)11-12-24(18)29(34,35)36/h1-6,9-15H,7-8,16H2. The van der Waals surface area contributed by atoms with Gasteiger partial charge in [-0.25, -0.2) is 8.78 Å². The summed E-state index contributed by atoms with van der Waals surface area (Å²) in [6.45, 7) is -0.216. The summed E-state index contributed by atoms with van der Waals surface area (Å²) in [4.78, 5) is 0. The highest BCUT2D eigenvalue weighted by Gasteiger charge is 2.35. The molecule has 4 aromatic carbocycles. The second kappa shape index (κ2) is 10.8. The summed E-state index contributed by atoms with van der Waals surface area (Å²) in [6.07, 6.45) is -9.41. The normalized spacial score (nSPS) is 12.3. The molecule has 5 rings (SSSR count). The predicted molar refractivity (Wildman–Crippen MR) is 139 cm³/mol. The number of hydrogen-bond donors (Lipinski definition) is 0. The molecule has 0 aliphatic carbocycles. The molecule has 0 fully saturated rings. The van der Waals surface area contributed by atoms with Crippen LogP contribution in [-0.4, -0.2) is 9.78 Å². The summed E-state index contributed by atoms with van der Waals surface area (Å²) in [5, 5.41) is 4.53. The van der Waals surface area contributed by atoms with Crippen molar-refractivity contribution >= 4 is 22.5 Å². The Bertz CT molecular complexity index is 1740. The number of benzene rings is 4. The van der Waals surface area contributed by atoms with E-state index in [0.29, 0.717) is 17.2 Å². The minimum Gasteiger partial charge on any atom is -0.259 e. The van der Waals surface area contributed by atoms with E-state index >= 15 is 0 Å². The van der Waals surface area contributed by atoms with Gasteiger partial charge in [-0.15, -0.1) is 0 Å². The van der Waals surface area contributed by atoms with Crippen molar-refractivity contribution in [3.8, 4) is 11.3 Å². The van der Waals surface area contributed by atoms with Gasteiger partial charge in [0.05, 0.1) is 23.4 Å². The highest BCUT2D eigenvalue weighted by Crippen LogP contribution is 2.39. The van der Waals surface area contributed by atoms with E-state index < -0.39 is 35.1 Å². The first kappa shape index (κ1) is 28.6. The maximum absolute atomic E-state index is 14.7. The Morgan fingerprint density at radius 2 is 1.44 bits per heavy atom. The molecule has 41 heavy (non-hydrogen) atoms. The number of nitrogens with zero attached hydrogens (tertiary/aromatic N) is 2. The lowest BCUT2D eigenvalue weighted by Gasteiger charge is -2.14. The summed E-state index contributed by atoms with van der Waals surface area (Å²) in [6, 6.07) is 16.4. The van der Waals surface area contributed by atoms with E-state index in [-0.39, 0.29) is 52.1 Å². The van der Waals surface area contributed by atoms with Crippen LogP contribution in [0.4, 0.5) is 35.1 Å². The smallest absolute Gasteiger partial charge is 0.259 e. The Kier molecular flexibility index (Phi) is 7.54. The Morgan fingerprint density at radius 1 is 0.707 bits per heavy atom. The van der Waals surface area contributed by atoms with Gasteiger partial charge in [-0.05, 0) is 66.4 Å². The molecule has 0 unspecified atom stereocenters. The minimum atomic E-state index is -4.70. The van der Waals surface area contributed by atoms with E-state index in [0.717, 1.165) is 24.3 Å². The summed E-state index contributed by atoms with van der Waals surface area (Å²) in [7, 11) is 0. The molecule has 5 aromatic rings. The Hall–Kier alpha value is -3.92. The topological polar surface area (TPSA) is 17.8 Å². The van der Waals surface area contributed by atoms with Crippen LogP contribution >= 0.6 is 11.6 Å². The third kappa shape index (κ3) is 6.07. The van der Waals surface area contributed by atoms with Gasteiger partial charge in [0.15, 0.2) is 0 Å². The van der Waals surface area contributed by atoms with Gasteiger partial charge in [0.25, 0.3) is 0 Å². The quantitative estimate of drug-likeness (QED) is 0.179. The third-order valence-electron chi connectivity index (χ3n) is 6.67. The number of hydrogen-bond acceptors (Lipinski definition) is 1. The number of rotatable bonds is 6. The van der Waals surface area contributed by atoms with Crippen LogP contribution in [0.2, 0.25) is 5.02 Å². The van der Waals surface area contributed by atoms with E-state index in [2.05, 4.69) is 5.10 Å². The monoisotopic (exact) mass is 594 g/mol. The molecule has 2 nitrogen and oxygen atoms in total. The third-order valence-corrected chi connectivity index (χ3v) is 6.90. The zero-order valence-electron chi connectivity index (χ0n) is 20.9. The highest BCUT2D eigenvalue weighted by atomic mass is 35.5. The molecular weight excluding hydrogens is 576 g/mol. The van der Waals surface area contributed by atoms with Crippen LogP contribution in [0.3, 0.4) is 0 Å². The zero-order chi connectivity index (χ0) is 29.5. The molecule has 0 atom stereocenters. The molecule has 0 saturated heterocycles. The highest BCUT2D eigenvalue weighted by molar-refractivity contribution is 6.30. The van der Waals surface area contributed by atoms with Gasteiger partial charge in [0, 0.05) is 21.5 Å². The first-order valence-electron chi connectivity index (χ1n) is 12.3. The van der Waals surface area contributed by atoms with Gasteiger partial charge in [-0.3, -0.25) is 4.68 Å².